The quantitative estimate of drug-likeness (QED) is 0.738. The fourth-order valence-electron chi connectivity index (χ4n) is 1.88. The molecule has 0 unspecified atom stereocenters. The molecule has 0 aliphatic heterocycles. The van der Waals surface area contributed by atoms with Gasteiger partial charge in [0.2, 0.25) is 0 Å². The van der Waals surface area contributed by atoms with Gasteiger partial charge in [0, 0.05) is 24.4 Å². The van der Waals surface area contributed by atoms with E-state index in [1.165, 1.54) is 0 Å². The van der Waals surface area contributed by atoms with Gasteiger partial charge in [0.05, 0.1) is 0 Å². The fraction of sp³-hybridized carbons (Fsp3) is 0.133. The van der Waals surface area contributed by atoms with E-state index in [2.05, 4.69) is 4.99 Å². The first-order valence-electron chi connectivity index (χ1n) is 5.91. The van der Waals surface area contributed by atoms with Crippen molar-refractivity contribution in [1.82, 2.24) is 0 Å². The van der Waals surface area contributed by atoms with Crippen LogP contribution < -0.4 is 0 Å². The summed E-state index contributed by atoms with van der Waals surface area (Å²) in [4.78, 5) is 3.96. The van der Waals surface area contributed by atoms with Crippen molar-refractivity contribution in [3.05, 3.63) is 53.6 Å². The van der Waals surface area contributed by atoms with Crippen LogP contribution in [0.5, 0.6) is 5.75 Å². The number of aryl methyl sites for hydroxylation is 1. The number of phenols is 1. The molecular formula is C15H15Cl2NOZr. The Morgan fingerprint density at radius 3 is 2.30 bits per heavy atom. The first kappa shape index (κ1) is 17.4. The summed E-state index contributed by atoms with van der Waals surface area (Å²) in [5, 5.41) is 10.2. The summed E-state index contributed by atoms with van der Waals surface area (Å²) in [6, 6.07) is 13.8. The van der Waals surface area contributed by atoms with Gasteiger partial charge in [0.15, 0.2) is 0 Å². The normalized spacial score (nSPS) is 10.0. The second-order valence-electron chi connectivity index (χ2n) is 4.08. The molecule has 0 amide bonds. The van der Waals surface area contributed by atoms with E-state index in [0.29, 0.717) is 0 Å². The zero-order valence-electron chi connectivity index (χ0n) is 11.3. The molecular weight excluding hydrogens is 372 g/mol. The van der Waals surface area contributed by atoms with Gasteiger partial charge < -0.3 is 5.11 Å². The van der Waals surface area contributed by atoms with Crippen molar-refractivity contribution >= 4 is 23.2 Å². The Hall–Kier alpha value is -0.627. The number of aromatic hydroxyl groups is 1. The van der Waals surface area contributed by atoms with Gasteiger partial charge in [-0.05, 0) is 30.2 Å². The minimum atomic E-state index is -0.826. The molecule has 2 nitrogen and oxygen atoms in total. The summed E-state index contributed by atoms with van der Waals surface area (Å²) in [5.41, 5.74) is 3.72. The first-order chi connectivity index (χ1) is 9.63. The molecule has 0 spiro atoms. The molecule has 1 N–H and O–H groups in total. The van der Waals surface area contributed by atoms with Crippen LogP contribution in [0.1, 0.15) is 11.1 Å². The van der Waals surface area contributed by atoms with Crippen molar-refractivity contribution < 1.29 is 26.0 Å². The third-order valence-electron chi connectivity index (χ3n) is 2.64. The molecule has 0 aliphatic carbocycles. The standard InChI is InChI=1S/C15H15NO.2ClH.Zr/c1-11-8-13(10-16-2)15(17)14(9-11)12-6-4-3-5-7-12;;;/h3-10,17H,1-2H3;2*1H;/q;;;+2/p-2. The Kier molecular flexibility index (Phi) is 8.13. The number of nitrogens with zero attached hydrogens (tertiary/aromatic N) is 1. The van der Waals surface area contributed by atoms with Crippen molar-refractivity contribution in [3.8, 4) is 16.9 Å². The molecule has 0 bridgehead atoms. The molecule has 0 aliphatic rings. The average Bonchev–Trinajstić information content (AvgIpc) is 2.44. The molecule has 0 saturated heterocycles. The van der Waals surface area contributed by atoms with E-state index in [1.807, 2.05) is 49.4 Å². The van der Waals surface area contributed by atoms with E-state index in [0.717, 1.165) is 22.3 Å². The van der Waals surface area contributed by atoms with Gasteiger partial charge in [-0.1, -0.05) is 30.3 Å². The Labute approximate surface area is 138 Å². The second kappa shape index (κ2) is 9.34. The van der Waals surface area contributed by atoms with Crippen molar-refractivity contribution in [2.75, 3.05) is 7.05 Å². The van der Waals surface area contributed by atoms with E-state index in [1.54, 1.807) is 13.3 Å². The number of halogens is 2. The van der Waals surface area contributed by atoms with Crippen molar-refractivity contribution in [1.29, 1.82) is 0 Å². The van der Waals surface area contributed by atoms with Gasteiger partial charge in [0.25, 0.3) is 0 Å². The molecule has 20 heavy (non-hydrogen) atoms. The molecule has 0 atom stereocenters. The third-order valence-corrected chi connectivity index (χ3v) is 2.64. The van der Waals surface area contributed by atoms with Crippen LogP contribution in [-0.4, -0.2) is 18.4 Å². The van der Waals surface area contributed by atoms with Gasteiger partial charge in [-0.15, -0.1) is 0 Å². The topological polar surface area (TPSA) is 32.6 Å². The monoisotopic (exact) mass is 385 g/mol. The van der Waals surface area contributed by atoms with Crippen molar-refractivity contribution in [2.24, 2.45) is 4.99 Å². The van der Waals surface area contributed by atoms with E-state index in [4.69, 9.17) is 17.0 Å². The number of aliphatic imine (C=N–C) groups is 1. The maximum atomic E-state index is 10.2. The summed E-state index contributed by atoms with van der Waals surface area (Å²) in [7, 11) is 11.6. The fourth-order valence-corrected chi connectivity index (χ4v) is 1.88. The number of benzene rings is 2. The predicted molar refractivity (Wildman–Crippen MR) is 83.5 cm³/mol. The predicted octanol–water partition coefficient (Wildman–Crippen LogP) is 4.79. The SMILES string of the molecule is CN=Cc1cc(C)cc(-c2ccccc2)c1O.[Cl][Zr][Cl]. The summed E-state index contributed by atoms with van der Waals surface area (Å²) in [6.45, 7) is 2.01. The zero-order valence-corrected chi connectivity index (χ0v) is 15.2. The molecule has 0 saturated carbocycles. The van der Waals surface area contributed by atoms with Crippen LogP contribution in [-0.2, 0) is 20.8 Å². The van der Waals surface area contributed by atoms with Crippen LogP contribution >= 0.6 is 17.0 Å². The summed E-state index contributed by atoms with van der Waals surface area (Å²) >= 11 is -0.826. The number of hydrogen-bond acceptors (Lipinski definition) is 2. The molecule has 0 fully saturated rings. The summed E-state index contributed by atoms with van der Waals surface area (Å²) < 4.78 is 0. The van der Waals surface area contributed by atoms with Gasteiger partial charge in [-0.25, -0.2) is 0 Å². The molecule has 5 heteroatoms. The van der Waals surface area contributed by atoms with Crippen LogP contribution in [0.15, 0.2) is 47.5 Å². The third kappa shape index (κ3) is 5.05. The molecule has 2 rings (SSSR count). The molecule has 2 aromatic rings. The molecule has 0 aromatic heterocycles. The van der Waals surface area contributed by atoms with Crippen molar-refractivity contribution in [2.45, 2.75) is 6.92 Å². The Morgan fingerprint density at radius 1 is 1.15 bits per heavy atom. The van der Waals surface area contributed by atoms with Crippen LogP contribution in [0.25, 0.3) is 11.1 Å². The minimum absolute atomic E-state index is 0.285. The van der Waals surface area contributed by atoms with Crippen LogP contribution in [0.3, 0.4) is 0 Å². The number of phenolic OH excluding ortho intramolecular Hbond substituents is 1. The average molecular weight is 387 g/mol. The van der Waals surface area contributed by atoms with Gasteiger partial charge >= 0.3 is 37.9 Å². The summed E-state index contributed by atoms with van der Waals surface area (Å²) in [5.74, 6) is 0.285. The van der Waals surface area contributed by atoms with Gasteiger partial charge in [-0.3, -0.25) is 4.99 Å². The number of hydrogen-bond donors (Lipinski definition) is 1. The van der Waals surface area contributed by atoms with Gasteiger partial charge in [-0.2, -0.15) is 0 Å². The van der Waals surface area contributed by atoms with Crippen LogP contribution in [0.2, 0.25) is 0 Å². The Morgan fingerprint density at radius 2 is 1.75 bits per heavy atom. The Bertz CT molecular complexity index is 574. The van der Waals surface area contributed by atoms with E-state index in [9.17, 15) is 5.11 Å². The Balaban J connectivity index is 0.000000612. The molecule has 2 aromatic carbocycles. The summed E-state index contributed by atoms with van der Waals surface area (Å²) in [6.07, 6.45) is 1.68. The van der Waals surface area contributed by atoms with E-state index < -0.39 is 20.8 Å². The van der Waals surface area contributed by atoms with Gasteiger partial charge in [0.1, 0.15) is 5.75 Å². The molecule has 0 heterocycles. The molecule has 0 radical (unpaired) electrons. The first-order valence-corrected chi connectivity index (χ1v) is 12.2. The van der Waals surface area contributed by atoms with E-state index in [-0.39, 0.29) is 5.75 Å². The number of rotatable bonds is 2. The zero-order chi connectivity index (χ0) is 15.0. The van der Waals surface area contributed by atoms with Crippen LogP contribution in [0, 0.1) is 6.92 Å². The van der Waals surface area contributed by atoms with Crippen molar-refractivity contribution in [3.63, 3.8) is 0 Å². The maximum absolute atomic E-state index is 10.2. The second-order valence-corrected chi connectivity index (χ2v) is 7.81. The van der Waals surface area contributed by atoms with Crippen LogP contribution in [0.4, 0.5) is 0 Å². The molecule has 104 valence electrons. The van der Waals surface area contributed by atoms with E-state index >= 15 is 0 Å².